The van der Waals surface area contributed by atoms with Crippen molar-refractivity contribution in [2.45, 2.75) is 11.7 Å². The van der Waals surface area contributed by atoms with Crippen molar-refractivity contribution in [1.82, 2.24) is 4.98 Å². The van der Waals surface area contributed by atoms with Gasteiger partial charge in [-0.3, -0.25) is 4.98 Å². The Labute approximate surface area is 105 Å². The molecule has 3 N–H and O–H groups in total. The van der Waals surface area contributed by atoms with Crippen molar-refractivity contribution in [3.8, 4) is 0 Å². The number of hydrogen-bond donors (Lipinski definition) is 2. The summed E-state index contributed by atoms with van der Waals surface area (Å²) in [7, 11) is 0. The van der Waals surface area contributed by atoms with E-state index in [1.165, 1.54) is 30.6 Å². The smallest absolute Gasteiger partial charge is 0.421 e. The number of pyridine rings is 1. The highest BCUT2D eigenvalue weighted by Gasteiger charge is 2.60. The Morgan fingerprint density at radius 3 is 2.53 bits per heavy atom. The lowest BCUT2D eigenvalue weighted by atomic mass is 9.87. The van der Waals surface area contributed by atoms with Crippen molar-refractivity contribution in [3.05, 3.63) is 42.2 Å². The van der Waals surface area contributed by atoms with Crippen molar-refractivity contribution in [1.29, 1.82) is 0 Å². The molecule has 2 aromatic rings. The fraction of sp³-hybridized carbons (Fsp3) is 0.167. The molecule has 1 heterocycles. The molecule has 1 aromatic heterocycles. The first-order valence-electron chi connectivity index (χ1n) is 5.20. The van der Waals surface area contributed by atoms with E-state index >= 15 is 0 Å². The molecule has 0 aliphatic rings. The van der Waals surface area contributed by atoms with Gasteiger partial charge in [0.2, 0.25) is 5.54 Å². The number of carbonyl (C=O) groups is 1. The lowest BCUT2D eigenvalue weighted by Crippen LogP contribution is -2.56. The van der Waals surface area contributed by atoms with E-state index < -0.39 is 23.2 Å². The van der Waals surface area contributed by atoms with Crippen molar-refractivity contribution in [2.24, 2.45) is 5.73 Å². The first-order chi connectivity index (χ1) is 8.78. The molecule has 19 heavy (non-hydrogen) atoms. The molecule has 1 atom stereocenters. The number of alkyl halides is 3. The number of aromatic nitrogens is 1. The van der Waals surface area contributed by atoms with Gasteiger partial charge in [0.15, 0.2) is 0 Å². The zero-order valence-corrected chi connectivity index (χ0v) is 9.48. The van der Waals surface area contributed by atoms with Gasteiger partial charge in [0.05, 0.1) is 0 Å². The highest BCUT2D eigenvalue weighted by Crippen LogP contribution is 2.39. The fourth-order valence-corrected chi connectivity index (χ4v) is 1.86. The molecule has 0 spiro atoms. The number of aliphatic carboxylic acids is 1. The molecular formula is C12H9F3N2O2. The molecule has 0 aliphatic heterocycles. The summed E-state index contributed by atoms with van der Waals surface area (Å²) < 4.78 is 39.1. The number of nitrogens with zero attached hydrogens (tertiary/aromatic N) is 1. The van der Waals surface area contributed by atoms with E-state index in [1.54, 1.807) is 0 Å². The minimum Gasteiger partial charge on any atom is -0.479 e. The van der Waals surface area contributed by atoms with Gasteiger partial charge in [-0.1, -0.05) is 18.2 Å². The topological polar surface area (TPSA) is 76.2 Å². The van der Waals surface area contributed by atoms with Crippen molar-refractivity contribution >= 4 is 16.7 Å². The number of rotatable bonds is 2. The average Bonchev–Trinajstić information content (AvgIpc) is 2.35. The monoisotopic (exact) mass is 270 g/mol. The van der Waals surface area contributed by atoms with E-state index in [0.717, 1.165) is 6.07 Å². The standard InChI is InChI=1S/C12H9F3N2O2/c13-12(14,15)11(16,10(18)19)9-3-1-2-7-6-17-5-4-8(7)9/h1-6H,16H2,(H,18,19). The molecule has 1 aromatic carbocycles. The molecule has 0 saturated carbocycles. The van der Waals surface area contributed by atoms with Crippen LogP contribution in [0.25, 0.3) is 10.8 Å². The molecule has 0 radical (unpaired) electrons. The zero-order chi connectivity index (χ0) is 14.3. The van der Waals surface area contributed by atoms with Crippen LogP contribution in [-0.2, 0) is 10.3 Å². The van der Waals surface area contributed by atoms with Crippen LogP contribution in [0, 0.1) is 0 Å². The summed E-state index contributed by atoms with van der Waals surface area (Å²) in [6.07, 6.45) is -2.49. The number of halogens is 3. The SMILES string of the molecule is NC(C(=O)O)(c1cccc2cnccc12)C(F)(F)F. The summed E-state index contributed by atoms with van der Waals surface area (Å²) in [4.78, 5) is 14.8. The lowest BCUT2D eigenvalue weighted by Gasteiger charge is -2.28. The first kappa shape index (κ1) is 13.3. The fourth-order valence-electron chi connectivity index (χ4n) is 1.86. The summed E-state index contributed by atoms with van der Waals surface area (Å²) in [5, 5.41) is 9.42. The van der Waals surface area contributed by atoms with E-state index in [9.17, 15) is 18.0 Å². The molecule has 0 amide bonds. The molecule has 0 fully saturated rings. The Bertz CT molecular complexity index is 637. The maximum atomic E-state index is 13.0. The Hall–Kier alpha value is -2.15. The molecule has 7 heteroatoms. The van der Waals surface area contributed by atoms with E-state index in [0.29, 0.717) is 5.39 Å². The van der Waals surface area contributed by atoms with Crippen LogP contribution >= 0.6 is 0 Å². The summed E-state index contributed by atoms with van der Waals surface area (Å²) in [5.41, 5.74) is 1.20. The van der Waals surface area contributed by atoms with E-state index in [-0.39, 0.29) is 5.39 Å². The molecule has 1 unspecified atom stereocenters. The van der Waals surface area contributed by atoms with Crippen LogP contribution in [0.1, 0.15) is 5.56 Å². The Morgan fingerprint density at radius 2 is 1.95 bits per heavy atom. The third-order valence-electron chi connectivity index (χ3n) is 2.89. The van der Waals surface area contributed by atoms with Crippen LogP contribution < -0.4 is 5.73 Å². The van der Waals surface area contributed by atoms with Gasteiger partial charge in [0.25, 0.3) is 0 Å². The third-order valence-corrected chi connectivity index (χ3v) is 2.89. The summed E-state index contributed by atoms with van der Waals surface area (Å²) in [6.45, 7) is 0. The quantitative estimate of drug-likeness (QED) is 0.875. The van der Waals surface area contributed by atoms with Gasteiger partial charge >= 0.3 is 12.1 Å². The van der Waals surface area contributed by atoms with Gasteiger partial charge in [-0.05, 0) is 11.5 Å². The van der Waals surface area contributed by atoms with Crippen LogP contribution in [0.2, 0.25) is 0 Å². The number of benzene rings is 1. The van der Waals surface area contributed by atoms with Crippen molar-refractivity contribution in [3.63, 3.8) is 0 Å². The highest BCUT2D eigenvalue weighted by molar-refractivity contribution is 5.92. The normalized spacial score (nSPS) is 15.2. The highest BCUT2D eigenvalue weighted by atomic mass is 19.4. The van der Waals surface area contributed by atoms with Crippen LogP contribution in [0.15, 0.2) is 36.7 Å². The second kappa shape index (κ2) is 4.20. The van der Waals surface area contributed by atoms with Crippen LogP contribution in [0.4, 0.5) is 13.2 Å². The summed E-state index contributed by atoms with van der Waals surface area (Å²) in [5.74, 6) is -2.15. The lowest BCUT2D eigenvalue weighted by molar-refractivity contribution is -0.204. The molecule has 0 saturated heterocycles. The van der Waals surface area contributed by atoms with Crippen molar-refractivity contribution < 1.29 is 23.1 Å². The Kier molecular flexibility index (Phi) is 2.94. The predicted octanol–water partition coefficient (Wildman–Crippen LogP) is 2.04. The van der Waals surface area contributed by atoms with Gasteiger partial charge in [-0.25, -0.2) is 4.79 Å². The number of hydrogen-bond acceptors (Lipinski definition) is 3. The zero-order valence-electron chi connectivity index (χ0n) is 9.48. The minimum absolute atomic E-state index is 0.111. The van der Waals surface area contributed by atoms with Gasteiger partial charge in [0.1, 0.15) is 0 Å². The number of carboxylic acid groups (broad SMARTS) is 1. The first-order valence-corrected chi connectivity index (χ1v) is 5.20. The predicted molar refractivity (Wildman–Crippen MR) is 61.3 cm³/mol. The van der Waals surface area contributed by atoms with Crippen molar-refractivity contribution in [2.75, 3.05) is 0 Å². The van der Waals surface area contributed by atoms with Crippen LogP contribution in [-0.4, -0.2) is 22.2 Å². The summed E-state index contributed by atoms with van der Waals surface area (Å²) in [6, 6.07) is 5.21. The minimum atomic E-state index is -5.11. The van der Waals surface area contributed by atoms with E-state index in [4.69, 9.17) is 10.8 Å². The second-order valence-electron chi connectivity index (χ2n) is 4.01. The third kappa shape index (κ3) is 1.91. The van der Waals surface area contributed by atoms with Crippen LogP contribution in [0.3, 0.4) is 0 Å². The van der Waals surface area contributed by atoms with Gasteiger partial charge in [0, 0.05) is 23.3 Å². The average molecular weight is 270 g/mol. The van der Waals surface area contributed by atoms with Gasteiger partial charge < -0.3 is 10.8 Å². The molecular weight excluding hydrogens is 261 g/mol. The maximum Gasteiger partial charge on any atom is 0.421 e. The van der Waals surface area contributed by atoms with E-state index in [1.807, 2.05) is 0 Å². The van der Waals surface area contributed by atoms with Gasteiger partial charge in [-0.15, -0.1) is 0 Å². The number of fused-ring (bicyclic) bond motifs is 1. The Balaban J connectivity index is 2.82. The number of nitrogens with two attached hydrogens (primary N) is 1. The van der Waals surface area contributed by atoms with Crippen LogP contribution in [0.5, 0.6) is 0 Å². The van der Waals surface area contributed by atoms with Gasteiger partial charge in [-0.2, -0.15) is 13.2 Å². The molecule has 0 aliphatic carbocycles. The molecule has 100 valence electrons. The summed E-state index contributed by atoms with van der Waals surface area (Å²) >= 11 is 0. The molecule has 0 bridgehead atoms. The molecule has 2 rings (SSSR count). The maximum absolute atomic E-state index is 13.0. The Morgan fingerprint density at radius 1 is 1.26 bits per heavy atom. The largest absolute Gasteiger partial charge is 0.479 e. The second-order valence-corrected chi connectivity index (χ2v) is 4.01. The number of carboxylic acids is 1. The molecule has 4 nitrogen and oxygen atoms in total. The van der Waals surface area contributed by atoms with E-state index in [2.05, 4.69) is 4.98 Å².